The minimum Gasteiger partial charge on any atom is -0.460 e. The molecule has 0 aliphatic carbocycles. The number of esters is 1. The maximum absolute atomic E-state index is 12.2. The number of ether oxygens (including phenoxy) is 1. The Labute approximate surface area is 180 Å². The van der Waals surface area contributed by atoms with Crippen molar-refractivity contribution in [3.05, 3.63) is 54.4 Å². The average Bonchev–Trinajstić information content (AvgIpc) is 3.08. The summed E-state index contributed by atoms with van der Waals surface area (Å²) in [5.41, 5.74) is 8.89. The highest BCUT2D eigenvalue weighted by molar-refractivity contribution is 7.80. The molecule has 0 fully saturated rings. The van der Waals surface area contributed by atoms with Gasteiger partial charge in [0, 0.05) is 41.7 Å². The van der Waals surface area contributed by atoms with Crippen molar-refractivity contribution >= 4 is 40.4 Å². The zero-order chi connectivity index (χ0) is 21.9. The van der Waals surface area contributed by atoms with Gasteiger partial charge < -0.3 is 20.2 Å². The molecule has 1 amide bonds. The van der Waals surface area contributed by atoms with Crippen molar-refractivity contribution in [2.24, 2.45) is 5.73 Å². The Balaban J connectivity index is 1.66. The van der Waals surface area contributed by atoms with E-state index in [-0.39, 0.29) is 18.7 Å². The molecule has 0 atom stereocenters. The van der Waals surface area contributed by atoms with E-state index in [4.69, 9.17) is 22.7 Å². The molecule has 8 heteroatoms. The van der Waals surface area contributed by atoms with Crippen LogP contribution in [0.4, 0.5) is 5.69 Å². The minimum absolute atomic E-state index is 0.0289. The molecule has 7 nitrogen and oxygen atoms in total. The van der Waals surface area contributed by atoms with Crippen LogP contribution in [0.15, 0.2) is 48.8 Å². The van der Waals surface area contributed by atoms with E-state index in [2.05, 4.69) is 10.3 Å². The predicted molar refractivity (Wildman–Crippen MR) is 120 cm³/mol. The third kappa shape index (κ3) is 5.64. The van der Waals surface area contributed by atoms with Gasteiger partial charge in [-0.2, -0.15) is 0 Å². The van der Waals surface area contributed by atoms with E-state index in [0.29, 0.717) is 16.3 Å². The number of hydrogen-bond donors (Lipinski definition) is 2. The van der Waals surface area contributed by atoms with Crippen molar-refractivity contribution in [2.45, 2.75) is 39.2 Å². The molecule has 0 saturated carbocycles. The van der Waals surface area contributed by atoms with Gasteiger partial charge >= 0.3 is 5.97 Å². The van der Waals surface area contributed by atoms with Gasteiger partial charge in [0.05, 0.1) is 12.1 Å². The normalized spacial score (nSPS) is 11.3. The van der Waals surface area contributed by atoms with Crippen molar-refractivity contribution in [1.82, 2.24) is 9.38 Å². The number of anilines is 1. The molecular weight excluding hydrogens is 400 g/mol. The summed E-state index contributed by atoms with van der Waals surface area (Å²) in [5, 5.41) is 2.79. The fraction of sp³-hybridized carbons (Fsp3) is 0.273. The molecule has 0 unspecified atom stereocenters. The van der Waals surface area contributed by atoms with Crippen LogP contribution in [0.1, 0.15) is 39.2 Å². The first kappa shape index (κ1) is 21.4. The van der Waals surface area contributed by atoms with Crippen LogP contribution in [0.25, 0.3) is 16.9 Å². The first-order valence-corrected chi connectivity index (χ1v) is 9.92. The third-order valence-electron chi connectivity index (χ3n) is 4.19. The number of nitrogens with two attached hydrogens (primary N) is 1. The van der Waals surface area contributed by atoms with E-state index in [9.17, 15) is 9.59 Å². The number of nitrogens with one attached hydrogen (secondary N) is 1. The molecule has 0 aliphatic rings. The first-order chi connectivity index (χ1) is 14.1. The van der Waals surface area contributed by atoms with E-state index < -0.39 is 11.6 Å². The number of pyridine rings is 1. The van der Waals surface area contributed by atoms with Crippen LogP contribution in [0, 0.1) is 0 Å². The van der Waals surface area contributed by atoms with Gasteiger partial charge in [-0.25, -0.2) is 4.98 Å². The lowest BCUT2D eigenvalue weighted by Crippen LogP contribution is -2.24. The molecule has 0 aliphatic heterocycles. The van der Waals surface area contributed by atoms with Crippen molar-refractivity contribution in [3.63, 3.8) is 0 Å². The molecule has 2 aromatic heterocycles. The topological polar surface area (TPSA) is 98.7 Å². The molecule has 1 aromatic carbocycles. The molecular formula is C22H24N4O3S. The number of nitrogens with zero attached hydrogens (tertiary/aromatic N) is 2. The molecule has 0 radical (unpaired) electrons. The Morgan fingerprint density at radius 3 is 2.50 bits per heavy atom. The molecule has 3 aromatic rings. The lowest BCUT2D eigenvalue weighted by molar-refractivity contribution is -0.155. The zero-order valence-corrected chi connectivity index (χ0v) is 18.0. The Morgan fingerprint density at radius 2 is 1.87 bits per heavy atom. The zero-order valence-electron chi connectivity index (χ0n) is 17.1. The summed E-state index contributed by atoms with van der Waals surface area (Å²) in [6, 6.07) is 11.1. The number of thiocarbonyl (C=S) groups is 1. The molecule has 3 rings (SSSR count). The third-order valence-corrected chi connectivity index (χ3v) is 4.42. The van der Waals surface area contributed by atoms with Crippen molar-refractivity contribution in [2.75, 3.05) is 5.32 Å². The highest BCUT2D eigenvalue weighted by Crippen LogP contribution is 2.21. The summed E-state index contributed by atoms with van der Waals surface area (Å²) >= 11 is 4.98. The van der Waals surface area contributed by atoms with Gasteiger partial charge in [-0.3, -0.25) is 9.59 Å². The number of hydrogen-bond acceptors (Lipinski definition) is 5. The molecule has 0 saturated heterocycles. The lowest BCUT2D eigenvalue weighted by Gasteiger charge is -2.19. The maximum Gasteiger partial charge on any atom is 0.306 e. The predicted octanol–water partition coefficient (Wildman–Crippen LogP) is 3.70. The quantitative estimate of drug-likeness (QED) is 0.462. The Kier molecular flexibility index (Phi) is 6.17. The fourth-order valence-corrected chi connectivity index (χ4v) is 2.97. The SMILES string of the molecule is CC(C)(C)OC(=O)CCC(=O)Nc1ccn2cc(-c3ccc(C(N)=S)cc3)nc2c1. The van der Waals surface area contributed by atoms with Crippen molar-refractivity contribution in [1.29, 1.82) is 0 Å². The van der Waals surface area contributed by atoms with Gasteiger partial charge in [0.2, 0.25) is 5.91 Å². The number of amides is 1. The minimum atomic E-state index is -0.562. The number of carbonyl (C=O) groups is 2. The highest BCUT2D eigenvalue weighted by atomic mass is 32.1. The molecule has 3 N–H and O–H groups in total. The second kappa shape index (κ2) is 8.62. The number of imidazole rings is 1. The number of aromatic nitrogens is 2. The van der Waals surface area contributed by atoms with E-state index >= 15 is 0 Å². The average molecular weight is 425 g/mol. The molecule has 2 heterocycles. The van der Waals surface area contributed by atoms with Crippen LogP contribution < -0.4 is 11.1 Å². The summed E-state index contributed by atoms with van der Waals surface area (Å²) in [6.07, 6.45) is 3.80. The van der Waals surface area contributed by atoms with Crippen LogP contribution in [-0.4, -0.2) is 31.9 Å². The highest BCUT2D eigenvalue weighted by Gasteiger charge is 2.17. The molecule has 0 bridgehead atoms. The summed E-state index contributed by atoms with van der Waals surface area (Å²) in [5.74, 6) is -0.655. The van der Waals surface area contributed by atoms with Gasteiger partial charge in [0.15, 0.2) is 0 Å². The van der Waals surface area contributed by atoms with Crippen LogP contribution in [0.2, 0.25) is 0 Å². The van der Waals surface area contributed by atoms with Crippen molar-refractivity contribution in [3.8, 4) is 11.3 Å². The summed E-state index contributed by atoms with van der Waals surface area (Å²) in [4.78, 5) is 28.9. The fourth-order valence-electron chi connectivity index (χ4n) is 2.84. The second-order valence-electron chi connectivity index (χ2n) is 7.88. The van der Waals surface area contributed by atoms with Gasteiger partial charge in [0.25, 0.3) is 0 Å². The van der Waals surface area contributed by atoms with E-state index in [1.165, 1.54) is 0 Å². The summed E-state index contributed by atoms with van der Waals surface area (Å²) in [7, 11) is 0. The van der Waals surface area contributed by atoms with Crippen LogP contribution in [-0.2, 0) is 14.3 Å². The summed E-state index contributed by atoms with van der Waals surface area (Å²) in [6.45, 7) is 5.38. The van der Waals surface area contributed by atoms with Crippen LogP contribution >= 0.6 is 12.2 Å². The number of rotatable bonds is 6. The number of fused-ring (bicyclic) bond motifs is 1. The Morgan fingerprint density at radius 1 is 1.17 bits per heavy atom. The Hall–Kier alpha value is -3.26. The first-order valence-electron chi connectivity index (χ1n) is 9.51. The monoisotopic (exact) mass is 424 g/mol. The van der Waals surface area contributed by atoms with Crippen LogP contribution in [0.5, 0.6) is 0 Å². The second-order valence-corrected chi connectivity index (χ2v) is 8.32. The molecule has 30 heavy (non-hydrogen) atoms. The van der Waals surface area contributed by atoms with E-state index in [1.54, 1.807) is 32.9 Å². The van der Waals surface area contributed by atoms with E-state index in [1.807, 2.05) is 41.1 Å². The van der Waals surface area contributed by atoms with E-state index in [0.717, 1.165) is 16.8 Å². The van der Waals surface area contributed by atoms with Crippen molar-refractivity contribution < 1.29 is 14.3 Å². The Bertz CT molecular complexity index is 1100. The largest absolute Gasteiger partial charge is 0.460 e. The van der Waals surface area contributed by atoms with Gasteiger partial charge in [-0.15, -0.1) is 0 Å². The summed E-state index contributed by atoms with van der Waals surface area (Å²) < 4.78 is 7.08. The van der Waals surface area contributed by atoms with Gasteiger partial charge in [0.1, 0.15) is 16.2 Å². The number of carbonyl (C=O) groups excluding carboxylic acids is 2. The maximum atomic E-state index is 12.2. The standard InChI is InChI=1S/C22H24N4O3S/c1-22(2,3)29-20(28)9-8-19(27)24-16-10-11-26-13-17(25-18(26)12-16)14-4-6-15(7-5-14)21(23)30/h4-7,10-13H,8-9H2,1-3H3,(H2,23,30)(H,24,27). The number of benzene rings is 1. The van der Waals surface area contributed by atoms with Gasteiger partial charge in [-0.05, 0) is 26.8 Å². The molecule has 0 spiro atoms. The lowest BCUT2D eigenvalue weighted by atomic mass is 10.1. The molecule has 156 valence electrons. The van der Waals surface area contributed by atoms with Gasteiger partial charge in [-0.1, -0.05) is 36.5 Å². The van der Waals surface area contributed by atoms with Crippen LogP contribution in [0.3, 0.4) is 0 Å². The smallest absolute Gasteiger partial charge is 0.306 e.